The molecule has 0 radical (unpaired) electrons. The minimum absolute atomic E-state index is 0.102. The second-order valence-electron chi connectivity index (χ2n) is 1.65. The Labute approximate surface area is 63.3 Å². The number of allylic oxidation sites excluding steroid dienone is 1. The van der Waals surface area contributed by atoms with Crippen LogP contribution in [0.1, 0.15) is 13.8 Å². The van der Waals surface area contributed by atoms with E-state index in [1.807, 2.05) is 6.92 Å². The number of hydrogen-bond acceptors (Lipinski definition) is 2. The van der Waals surface area contributed by atoms with E-state index in [0.717, 1.165) is 5.06 Å². The second kappa shape index (κ2) is 3.29. The first-order chi connectivity index (χ1) is 3.55. The molecule has 0 saturated carbocycles. The Morgan fingerprint density at radius 1 is 1.88 bits per heavy atom. The first-order valence-electron chi connectivity index (χ1n) is 2.33. The molecule has 0 aromatic heterocycles. The second-order valence-corrected chi connectivity index (χ2v) is 3.46. The van der Waals surface area contributed by atoms with Crippen LogP contribution in [0.3, 0.4) is 0 Å². The van der Waals surface area contributed by atoms with Crippen LogP contribution in [0.2, 0.25) is 0 Å². The van der Waals surface area contributed by atoms with Crippen molar-refractivity contribution in [1.82, 2.24) is 5.06 Å². The van der Waals surface area contributed by atoms with E-state index in [0.29, 0.717) is 5.70 Å². The van der Waals surface area contributed by atoms with E-state index < -0.39 is 0 Å². The molecule has 0 aromatic rings. The van der Waals surface area contributed by atoms with Crippen LogP contribution in [0.25, 0.3) is 0 Å². The molecule has 3 heteroatoms. The fraction of sp³-hybridized carbons (Fsp3) is 0.600. The summed E-state index contributed by atoms with van der Waals surface area (Å²) < 4.78 is 0.102. The molecule has 0 saturated heterocycles. The lowest BCUT2D eigenvalue weighted by Gasteiger charge is -2.18. The maximum absolute atomic E-state index is 8.93. The van der Waals surface area contributed by atoms with Crippen molar-refractivity contribution >= 4 is 22.6 Å². The Bertz CT molecular complexity index is 92.4. The summed E-state index contributed by atoms with van der Waals surface area (Å²) in [6.07, 6.45) is 0. The molecule has 0 aliphatic rings. The van der Waals surface area contributed by atoms with Crippen LogP contribution in [-0.4, -0.2) is 14.3 Å². The minimum atomic E-state index is 0.102. The fourth-order valence-corrected chi connectivity index (χ4v) is 0.779. The molecule has 0 aromatic carbocycles. The molecule has 0 fully saturated rings. The molecular formula is C5H10INO. The van der Waals surface area contributed by atoms with Crippen molar-refractivity contribution in [1.29, 1.82) is 0 Å². The lowest BCUT2D eigenvalue weighted by Crippen LogP contribution is -2.21. The first-order valence-corrected chi connectivity index (χ1v) is 3.58. The number of hydroxylamine groups is 2. The van der Waals surface area contributed by atoms with Gasteiger partial charge >= 0.3 is 0 Å². The summed E-state index contributed by atoms with van der Waals surface area (Å²) in [7, 11) is 0. The van der Waals surface area contributed by atoms with Crippen molar-refractivity contribution in [3.05, 3.63) is 12.3 Å². The SMILES string of the molecule is C=C(C)N(O)C(C)I. The molecule has 0 aliphatic heterocycles. The lowest BCUT2D eigenvalue weighted by molar-refractivity contribution is -0.0557. The van der Waals surface area contributed by atoms with Crippen molar-refractivity contribution in [2.45, 2.75) is 17.9 Å². The average Bonchev–Trinajstić information content (AvgIpc) is 1.64. The summed E-state index contributed by atoms with van der Waals surface area (Å²) in [6, 6.07) is 0. The Hall–Kier alpha value is 0.230. The maximum Gasteiger partial charge on any atom is 0.104 e. The van der Waals surface area contributed by atoms with Crippen LogP contribution in [0, 0.1) is 0 Å². The number of alkyl halides is 1. The standard InChI is InChI=1S/C5H10INO/c1-4(2)7(8)5(3)6/h5,8H,1H2,2-3H3. The van der Waals surface area contributed by atoms with Crippen molar-refractivity contribution in [3.8, 4) is 0 Å². The zero-order valence-electron chi connectivity index (χ0n) is 5.06. The average molecular weight is 227 g/mol. The van der Waals surface area contributed by atoms with Gasteiger partial charge < -0.3 is 0 Å². The van der Waals surface area contributed by atoms with Crippen LogP contribution in [0.15, 0.2) is 12.3 Å². The molecular weight excluding hydrogens is 217 g/mol. The van der Waals surface area contributed by atoms with Crippen molar-refractivity contribution in [3.63, 3.8) is 0 Å². The molecule has 0 amide bonds. The third-order valence-electron chi connectivity index (χ3n) is 0.728. The van der Waals surface area contributed by atoms with Gasteiger partial charge in [-0.05, 0) is 13.8 Å². The highest BCUT2D eigenvalue weighted by Crippen LogP contribution is 2.08. The predicted molar refractivity (Wildman–Crippen MR) is 41.9 cm³/mol. The predicted octanol–water partition coefficient (Wildman–Crippen LogP) is 1.99. The largest absolute Gasteiger partial charge is 0.288 e. The molecule has 8 heavy (non-hydrogen) atoms. The smallest absolute Gasteiger partial charge is 0.104 e. The third-order valence-corrected chi connectivity index (χ3v) is 1.26. The van der Waals surface area contributed by atoms with Crippen LogP contribution in [0.5, 0.6) is 0 Å². The van der Waals surface area contributed by atoms with Crippen LogP contribution >= 0.6 is 22.6 Å². The van der Waals surface area contributed by atoms with Gasteiger partial charge in [-0.2, -0.15) is 0 Å². The van der Waals surface area contributed by atoms with Gasteiger partial charge in [0, 0.05) is 5.70 Å². The van der Waals surface area contributed by atoms with Gasteiger partial charge in [0.25, 0.3) is 0 Å². The Morgan fingerprint density at radius 3 is 2.25 bits per heavy atom. The number of rotatable bonds is 2. The van der Waals surface area contributed by atoms with Crippen LogP contribution < -0.4 is 0 Å². The Balaban J connectivity index is 3.64. The number of halogens is 1. The van der Waals surface area contributed by atoms with E-state index in [-0.39, 0.29) is 4.05 Å². The highest BCUT2D eigenvalue weighted by molar-refractivity contribution is 14.1. The van der Waals surface area contributed by atoms with Gasteiger partial charge in [0.2, 0.25) is 0 Å². The molecule has 1 N–H and O–H groups in total. The molecule has 48 valence electrons. The summed E-state index contributed by atoms with van der Waals surface area (Å²) in [5.41, 5.74) is 0.673. The number of nitrogens with zero attached hydrogens (tertiary/aromatic N) is 1. The third kappa shape index (κ3) is 2.52. The van der Waals surface area contributed by atoms with Gasteiger partial charge in [-0.15, -0.1) is 0 Å². The van der Waals surface area contributed by atoms with E-state index in [1.54, 1.807) is 6.92 Å². The molecule has 0 aliphatic carbocycles. The summed E-state index contributed by atoms with van der Waals surface area (Å²) >= 11 is 2.10. The van der Waals surface area contributed by atoms with Gasteiger partial charge in [0.15, 0.2) is 0 Å². The van der Waals surface area contributed by atoms with Crippen LogP contribution in [-0.2, 0) is 0 Å². The zero-order chi connectivity index (χ0) is 6.73. The van der Waals surface area contributed by atoms with Gasteiger partial charge in [0.05, 0.1) is 0 Å². The van der Waals surface area contributed by atoms with Crippen molar-refractivity contribution in [2.24, 2.45) is 0 Å². The molecule has 1 atom stereocenters. The molecule has 0 heterocycles. The van der Waals surface area contributed by atoms with E-state index in [1.165, 1.54) is 0 Å². The minimum Gasteiger partial charge on any atom is -0.288 e. The first kappa shape index (κ1) is 8.23. The maximum atomic E-state index is 8.93. The summed E-state index contributed by atoms with van der Waals surface area (Å²) in [6.45, 7) is 7.19. The zero-order valence-corrected chi connectivity index (χ0v) is 7.21. The van der Waals surface area contributed by atoms with E-state index in [4.69, 9.17) is 5.21 Å². The van der Waals surface area contributed by atoms with Gasteiger partial charge in [-0.25, -0.2) is 5.06 Å². The molecule has 0 spiro atoms. The van der Waals surface area contributed by atoms with E-state index in [9.17, 15) is 0 Å². The number of hydrogen-bond donors (Lipinski definition) is 1. The van der Waals surface area contributed by atoms with E-state index in [2.05, 4.69) is 29.2 Å². The van der Waals surface area contributed by atoms with Crippen molar-refractivity contribution < 1.29 is 5.21 Å². The van der Waals surface area contributed by atoms with Crippen molar-refractivity contribution in [2.75, 3.05) is 0 Å². The summed E-state index contributed by atoms with van der Waals surface area (Å²) in [5.74, 6) is 0. The highest BCUT2D eigenvalue weighted by Gasteiger charge is 2.03. The van der Waals surface area contributed by atoms with Crippen LogP contribution in [0.4, 0.5) is 0 Å². The normalized spacial score (nSPS) is 13.0. The molecule has 0 bridgehead atoms. The molecule has 2 nitrogen and oxygen atoms in total. The monoisotopic (exact) mass is 227 g/mol. The van der Waals surface area contributed by atoms with E-state index >= 15 is 0 Å². The molecule has 0 rings (SSSR count). The van der Waals surface area contributed by atoms with Gasteiger partial charge in [0.1, 0.15) is 4.05 Å². The van der Waals surface area contributed by atoms with Gasteiger partial charge in [-0.1, -0.05) is 29.2 Å². The quantitative estimate of drug-likeness (QED) is 0.337. The summed E-state index contributed by atoms with van der Waals surface area (Å²) in [5, 5.41) is 10.1. The highest BCUT2D eigenvalue weighted by atomic mass is 127. The molecule has 1 unspecified atom stereocenters. The summed E-state index contributed by atoms with van der Waals surface area (Å²) in [4.78, 5) is 0. The van der Waals surface area contributed by atoms with Gasteiger partial charge in [-0.3, -0.25) is 5.21 Å². The Kier molecular flexibility index (Phi) is 3.39. The topological polar surface area (TPSA) is 23.5 Å². The lowest BCUT2D eigenvalue weighted by atomic mass is 10.5. The Morgan fingerprint density at radius 2 is 2.25 bits per heavy atom. The fourth-order valence-electron chi connectivity index (χ4n) is 0.304.